The molecule has 3 nitrogen and oxygen atoms in total. The summed E-state index contributed by atoms with van der Waals surface area (Å²) < 4.78 is 0. The highest BCUT2D eigenvalue weighted by molar-refractivity contribution is 7.99. The first kappa shape index (κ1) is 10.3. The van der Waals surface area contributed by atoms with Crippen molar-refractivity contribution in [3.05, 3.63) is 41.2 Å². The summed E-state index contributed by atoms with van der Waals surface area (Å²) in [6.07, 6.45) is 4.19. The fourth-order valence-electron chi connectivity index (χ4n) is 1.12. The molecule has 0 radical (unpaired) electrons. The molecule has 0 amide bonds. The van der Waals surface area contributed by atoms with E-state index in [4.69, 9.17) is 11.6 Å². The molecule has 2 rings (SSSR count). The molecule has 0 fully saturated rings. The molecular formula is C10H7ClN2OS. The van der Waals surface area contributed by atoms with Gasteiger partial charge in [0.15, 0.2) is 11.4 Å². The summed E-state index contributed by atoms with van der Waals surface area (Å²) in [5.41, 5.74) is 0.573. The normalized spacial score (nSPS) is 10.2. The predicted molar refractivity (Wildman–Crippen MR) is 59.6 cm³/mol. The molecule has 2 aromatic rings. The van der Waals surface area contributed by atoms with Crippen molar-refractivity contribution in [2.75, 3.05) is 0 Å². The van der Waals surface area contributed by atoms with E-state index < -0.39 is 0 Å². The van der Waals surface area contributed by atoms with Crippen LogP contribution in [0.5, 0.6) is 0 Å². The van der Waals surface area contributed by atoms with Crippen molar-refractivity contribution >= 4 is 29.6 Å². The highest BCUT2D eigenvalue weighted by atomic mass is 35.5. The third-order valence-corrected chi connectivity index (χ3v) is 3.02. The number of H-pyrrole nitrogens is 1. The molecule has 76 valence electrons. The number of aromatic amines is 1. The van der Waals surface area contributed by atoms with Gasteiger partial charge < -0.3 is 4.98 Å². The van der Waals surface area contributed by atoms with Gasteiger partial charge in [-0.15, -0.1) is 0 Å². The van der Waals surface area contributed by atoms with Crippen molar-refractivity contribution in [1.29, 1.82) is 0 Å². The van der Waals surface area contributed by atoms with E-state index in [1.165, 1.54) is 11.8 Å². The van der Waals surface area contributed by atoms with Gasteiger partial charge in [-0.1, -0.05) is 23.4 Å². The predicted octanol–water partition coefficient (Wildman–Crippen LogP) is 3.03. The van der Waals surface area contributed by atoms with Crippen molar-refractivity contribution in [1.82, 2.24) is 9.97 Å². The molecule has 0 aliphatic rings. The van der Waals surface area contributed by atoms with Crippen LogP contribution in [0.25, 0.3) is 0 Å². The molecule has 0 spiro atoms. The Kier molecular flexibility index (Phi) is 3.08. The first-order chi connectivity index (χ1) is 7.29. The molecule has 0 bridgehead atoms. The van der Waals surface area contributed by atoms with Crippen LogP contribution in [0, 0.1) is 0 Å². The van der Waals surface area contributed by atoms with E-state index in [1.54, 1.807) is 30.6 Å². The van der Waals surface area contributed by atoms with Gasteiger partial charge in [-0.25, -0.2) is 4.98 Å². The highest BCUT2D eigenvalue weighted by Gasteiger charge is 2.05. The Morgan fingerprint density at radius 2 is 2.33 bits per heavy atom. The zero-order valence-corrected chi connectivity index (χ0v) is 9.18. The van der Waals surface area contributed by atoms with Crippen molar-refractivity contribution < 1.29 is 4.79 Å². The number of aldehydes is 1. The van der Waals surface area contributed by atoms with Crippen molar-refractivity contribution in [2.45, 2.75) is 10.1 Å². The van der Waals surface area contributed by atoms with Gasteiger partial charge in [-0.3, -0.25) is 4.79 Å². The summed E-state index contributed by atoms with van der Waals surface area (Å²) in [4.78, 5) is 18.7. The molecule has 0 saturated carbocycles. The molecule has 15 heavy (non-hydrogen) atoms. The summed E-state index contributed by atoms with van der Waals surface area (Å²) in [6.45, 7) is 0. The standard InChI is InChI=1S/C10H7ClN2OS/c11-8-1-2-9(7(5-8)6-14)15-10-12-3-4-13-10/h1-6H,(H,12,13). The number of aromatic nitrogens is 2. The van der Waals surface area contributed by atoms with Crippen molar-refractivity contribution in [3.63, 3.8) is 0 Å². The average Bonchev–Trinajstić information content (AvgIpc) is 2.73. The second-order valence-corrected chi connectivity index (χ2v) is 4.26. The average molecular weight is 239 g/mol. The molecule has 0 saturated heterocycles. The molecular weight excluding hydrogens is 232 g/mol. The van der Waals surface area contributed by atoms with E-state index in [9.17, 15) is 4.79 Å². The van der Waals surface area contributed by atoms with Crippen molar-refractivity contribution in [3.8, 4) is 0 Å². The topological polar surface area (TPSA) is 45.8 Å². The molecule has 0 unspecified atom stereocenters. The van der Waals surface area contributed by atoms with E-state index in [2.05, 4.69) is 9.97 Å². The fraction of sp³-hybridized carbons (Fsp3) is 0. The van der Waals surface area contributed by atoms with Gasteiger partial charge in [0.25, 0.3) is 0 Å². The Bertz CT molecular complexity index is 470. The lowest BCUT2D eigenvalue weighted by atomic mass is 10.2. The third-order valence-electron chi connectivity index (χ3n) is 1.78. The molecule has 1 aromatic carbocycles. The van der Waals surface area contributed by atoms with E-state index in [0.717, 1.165) is 16.3 Å². The minimum atomic E-state index is 0.556. The van der Waals surface area contributed by atoms with E-state index in [1.807, 2.05) is 0 Å². The largest absolute Gasteiger partial charge is 0.339 e. The van der Waals surface area contributed by atoms with Gasteiger partial charge in [0.05, 0.1) is 0 Å². The van der Waals surface area contributed by atoms with Crippen LogP contribution in [-0.2, 0) is 0 Å². The van der Waals surface area contributed by atoms with Crippen LogP contribution in [-0.4, -0.2) is 16.3 Å². The summed E-state index contributed by atoms with van der Waals surface area (Å²) in [5, 5.41) is 1.31. The number of hydrogen-bond acceptors (Lipinski definition) is 3. The Morgan fingerprint density at radius 1 is 1.47 bits per heavy atom. The first-order valence-electron chi connectivity index (χ1n) is 4.21. The maximum Gasteiger partial charge on any atom is 0.170 e. The molecule has 5 heteroatoms. The van der Waals surface area contributed by atoms with Gasteiger partial charge in [0, 0.05) is 27.9 Å². The number of imidazole rings is 1. The number of nitrogens with one attached hydrogen (secondary N) is 1. The number of carbonyl (C=O) groups is 1. The second kappa shape index (κ2) is 4.51. The first-order valence-corrected chi connectivity index (χ1v) is 5.41. The zero-order valence-electron chi connectivity index (χ0n) is 7.61. The zero-order chi connectivity index (χ0) is 10.7. The lowest BCUT2D eigenvalue weighted by Gasteiger charge is -2.02. The Balaban J connectivity index is 2.32. The molecule has 1 N–H and O–H groups in total. The van der Waals surface area contributed by atoms with Gasteiger partial charge in [-0.05, 0) is 18.2 Å². The number of halogens is 1. The van der Waals surface area contributed by atoms with Crippen LogP contribution < -0.4 is 0 Å². The number of nitrogens with zero attached hydrogens (tertiary/aromatic N) is 1. The maximum atomic E-state index is 10.8. The van der Waals surface area contributed by atoms with Gasteiger partial charge in [0.1, 0.15) is 0 Å². The fourth-order valence-corrected chi connectivity index (χ4v) is 2.11. The second-order valence-electron chi connectivity index (χ2n) is 2.80. The van der Waals surface area contributed by atoms with Crippen LogP contribution in [0.3, 0.4) is 0 Å². The number of carbonyl (C=O) groups excluding carboxylic acids is 1. The summed E-state index contributed by atoms with van der Waals surface area (Å²) >= 11 is 7.18. The smallest absolute Gasteiger partial charge is 0.170 e. The lowest BCUT2D eigenvalue weighted by molar-refractivity contribution is 0.112. The van der Waals surface area contributed by atoms with Crippen LogP contribution in [0.4, 0.5) is 0 Å². The Morgan fingerprint density at radius 3 is 3.00 bits per heavy atom. The minimum absolute atomic E-state index is 0.556. The van der Waals surface area contributed by atoms with Crippen molar-refractivity contribution in [2.24, 2.45) is 0 Å². The summed E-state index contributed by atoms with van der Waals surface area (Å²) in [7, 11) is 0. The van der Waals surface area contributed by atoms with Gasteiger partial charge in [-0.2, -0.15) is 0 Å². The number of hydrogen-bond donors (Lipinski definition) is 1. The highest BCUT2D eigenvalue weighted by Crippen LogP contribution is 2.28. The number of benzene rings is 1. The van der Waals surface area contributed by atoms with Gasteiger partial charge in [0.2, 0.25) is 0 Å². The molecule has 0 aliphatic heterocycles. The third kappa shape index (κ3) is 2.40. The summed E-state index contributed by atoms with van der Waals surface area (Å²) in [5.74, 6) is 0. The Labute approximate surface area is 95.9 Å². The van der Waals surface area contributed by atoms with E-state index in [0.29, 0.717) is 10.6 Å². The van der Waals surface area contributed by atoms with Crippen LogP contribution in [0.1, 0.15) is 10.4 Å². The monoisotopic (exact) mass is 238 g/mol. The lowest BCUT2D eigenvalue weighted by Crippen LogP contribution is -1.85. The molecule has 0 atom stereocenters. The molecule has 1 heterocycles. The minimum Gasteiger partial charge on any atom is -0.339 e. The molecule has 1 aromatic heterocycles. The van der Waals surface area contributed by atoms with Crippen LogP contribution in [0.2, 0.25) is 5.02 Å². The Hall–Kier alpha value is -1.26. The SMILES string of the molecule is O=Cc1cc(Cl)ccc1Sc1ncc[nH]1. The van der Waals surface area contributed by atoms with E-state index >= 15 is 0 Å². The van der Waals surface area contributed by atoms with Crippen LogP contribution >= 0.6 is 23.4 Å². The quantitative estimate of drug-likeness (QED) is 0.836. The molecule has 0 aliphatic carbocycles. The summed E-state index contributed by atoms with van der Waals surface area (Å²) in [6, 6.07) is 5.19. The van der Waals surface area contributed by atoms with E-state index in [-0.39, 0.29) is 0 Å². The van der Waals surface area contributed by atoms with Gasteiger partial charge >= 0.3 is 0 Å². The number of rotatable bonds is 3. The van der Waals surface area contributed by atoms with Crippen LogP contribution in [0.15, 0.2) is 40.6 Å². The maximum absolute atomic E-state index is 10.8.